The number of hydrogen-bond acceptors (Lipinski definition) is 0. The standard InChI is InChI=1S/C15H22/c1-12(2)6-5-8-14-11-10-13-7-3-4-9-15(13)14/h3-4,7,9,12,14H,5-6,8,10-11H2,1-2H3. The van der Waals surface area contributed by atoms with Crippen LogP contribution >= 0.6 is 0 Å². The molecule has 0 saturated carbocycles. The van der Waals surface area contributed by atoms with Gasteiger partial charge in [-0.05, 0) is 42.2 Å². The van der Waals surface area contributed by atoms with Gasteiger partial charge in [-0.15, -0.1) is 0 Å². The molecular weight excluding hydrogens is 180 g/mol. The summed E-state index contributed by atoms with van der Waals surface area (Å²) >= 11 is 0. The molecule has 1 aromatic rings. The van der Waals surface area contributed by atoms with Gasteiger partial charge in [0.05, 0.1) is 0 Å². The molecule has 0 radical (unpaired) electrons. The molecule has 0 fully saturated rings. The summed E-state index contributed by atoms with van der Waals surface area (Å²) < 4.78 is 0. The Balaban J connectivity index is 1.90. The van der Waals surface area contributed by atoms with Crippen LogP contribution in [-0.4, -0.2) is 0 Å². The summed E-state index contributed by atoms with van der Waals surface area (Å²) in [6.07, 6.45) is 6.88. The summed E-state index contributed by atoms with van der Waals surface area (Å²) in [6, 6.07) is 9.01. The molecule has 82 valence electrons. The zero-order chi connectivity index (χ0) is 10.7. The van der Waals surface area contributed by atoms with Gasteiger partial charge in [-0.3, -0.25) is 0 Å². The Morgan fingerprint density at radius 3 is 2.87 bits per heavy atom. The fraction of sp³-hybridized carbons (Fsp3) is 0.600. The lowest BCUT2D eigenvalue weighted by molar-refractivity contribution is 0.498. The van der Waals surface area contributed by atoms with Gasteiger partial charge in [-0.25, -0.2) is 0 Å². The lowest BCUT2D eigenvalue weighted by Gasteiger charge is -2.12. The summed E-state index contributed by atoms with van der Waals surface area (Å²) in [4.78, 5) is 0. The second-order valence-electron chi connectivity index (χ2n) is 5.26. The Morgan fingerprint density at radius 2 is 2.07 bits per heavy atom. The predicted octanol–water partition coefficient (Wildman–Crippen LogP) is 4.54. The van der Waals surface area contributed by atoms with Crippen molar-refractivity contribution in [3.8, 4) is 0 Å². The molecule has 1 aromatic carbocycles. The second kappa shape index (κ2) is 4.83. The summed E-state index contributed by atoms with van der Waals surface area (Å²) in [5.74, 6) is 1.72. The van der Waals surface area contributed by atoms with Gasteiger partial charge in [0.1, 0.15) is 0 Å². The Hall–Kier alpha value is -0.780. The minimum atomic E-state index is 0.861. The molecule has 0 saturated heterocycles. The van der Waals surface area contributed by atoms with Gasteiger partial charge in [0, 0.05) is 0 Å². The Labute approximate surface area is 93.7 Å². The van der Waals surface area contributed by atoms with Crippen LogP contribution in [-0.2, 0) is 6.42 Å². The molecule has 15 heavy (non-hydrogen) atoms. The minimum Gasteiger partial charge on any atom is -0.0628 e. The van der Waals surface area contributed by atoms with Crippen LogP contribution < -0.4 is 0 Å². The van der Waals surface area contributed by atoms with Crippen molar-refractivity contribution in [2.45, 2.75) is 51.9 Å². The third-order valence-corrected chi connectivity index (χ3v) is 3.59. The highest BCUT2D eigenvalue weighted by Crippen LogP contribution is 2.36. The molecule has 1 aliphatic carbocycles. The van der Waals surface area contributed by atoms with Crippen molar-refractivity contribution in [1.82, 2.24) is 0 Å². The molecule has 1 unspecified atom stereocenters. The van der Waals surface area contributed by atoms with Crippen LogP contribution in [0.1, 0.15) is 56.6 Å². The van der Waals surface area contributed by atoms with Gasteiger partial charge in [0.25, 0.3) is 0 Å². The van der Waals surface area contributed by atoms with Crippen LogP contribution in [0, 0.1) is 5.92 Å². The topological polar surface area (TPSA) is 0 Å². The van der Waals surface area contributed by atoms with E-state index in [-0.39, 0.29) is 0 Å². The highest BCUT2D eigenvalue weighted by atomic mass is 14.3. The van der Waals surface area contributed by atoms with Gasteiger partial charge < -0.3 is 0 Å². The van der Waals surface area contributed by atoms with Crippen molar-refractivity contribution in [1.29, 1.82) is 0 Å². The minimum absolute atomic E-state index is 0.861. The van der Waals surface area contributed by atoms with Crippen LogP contribution in [0.2, 0.25) is 0 Å². The van der Waals surface area contributed by atoms with Gasteiger partial charge in [-0.2, -0.15) is 0 Å². The van der Waals surface area contributed by atoms with Crippen LogP contribution in [0.25, 0.3) is 0 Å². The van der Waals surface area contributed by atoms with Crippen molar-refractivity contribution in [3.05, 3.63) is 35.4 Å². The summed E-state index contributed by atoms with van der Waals surface area (Å²) in [7, 11) is 0. The van der Waals surface area contributed by atoms with Crippen molar-refractivity contribution < 1.29 is 0 Å². The molecule has 0 N–H and O–H groups in total. The van der Waals surface area contributed by atoms with Crippen LogP contribution in [0.4, 0.5) is 0 Å². The first-order chi connectivity index (χ1) is 7.27. The first-order valence-electron chi connectivity index (χ1n) is 6.35. The highest BCUT2D eigenvalue weighted by molar-refractivity contribution is 5.34. The summed E-state index contributed by atoms with van der Waals surface area (Å²) in [6.45, 7) is 4.64. The maximum absolute atomic E-state index is 2.34. The van der Waals surface area contributed by atoms with E-state index in [2.05, 4.69) is 38.1 Å². The van der Waals surface area contributed by atoms with Crippen molar-refractivity contribution in [2.75, 3.05) is 0 Å². The average Bonchev–Trinajstić information content (AvgIpc) is 2.62. The molecule has 1 atom stereocenters. The molecule has 0 heterocycles. The monoisotopic (exact) mass is 202 g/mol. The number of fused-ring (bicyclic) bond motifs is 1. The number of benzene rings is 1. The smallest absolute Gasteiger partial charge is 0.0156 e. The molecule has 0 bridgehead atoms. The lowest BCUT2D eigenvalue weighted by atomic mass is 9.93. The molecule has 0 spiro atoms. The Morgan fingerprint density at radius 1 is 1.27 bits per heavy atom. The van der Waals surface area contributed by atoms with E-state index in [0.717, 1.165) is 11.8 Å². The molecule has 2 rings (SSSR count). The maximum Gasteiger partial charge on any atom is -0.0156 e. The van der Waals surface area contributed by atoms with Crippen molar-refractivity contribution in [3.63, 3.8) is 0 Å². The first kappa shape index (κ1) is 10.7. The number of aryl methyl sites for hydroxylation is 1. The number of rotatable bonds is 4. The molecule has 0 nitrogen and oxygen atoms in total. The lowest BCUT2D eigenvalue weighted by Crippen LogP contribution is -1.95. The van der Waals surface area contributed by atoms with Crippen molar-refractivity contribution in [2.24, 2.45) is 5.92 Å². The quantitative estimate of drug-likeness (QED) is 0.672. The Bertz CT molecular complexity index is 312. The largest absolute Gasteiger partial charge is 0.0628 e. The maximum atomic E-state index is 2.34. The van der Waals surface area contributed by atoms with E-state index < -0.39 is 0 Å². The molecule has 0 aliphatic heterocycles. The molecular formula is C15H22. The van der Waals surface area contributed by atoms with Crippen molar-refractivity contribution >= 4 is 0 Å². The van der Waals surface area contributed by atoms with Gasteiger partial charge in [0.15, 0.2) is 0 Å². The predicted molar refractivity (Wildman–Crippen MR) is 66.2 cm³/mol. The fourth-order valence-corrected chi connectivity index (χ4v) is 2.72. The summed E-state index contributed by atoms with van der Waals surface area (Å²) in [5.41, 5.74) is 3.24. The third-order valence-electron chi connectivity index (χ3n) is 3.59. The molecule has 0 heteroatoms. The third kappa shape index (κ3) is 2.62. The zero-order valence-electron chi connectivity index (χ0n) is 10.00. The van der Waals surface area contributed by atoms with E-state index >= 15 is 0 Å². The van der Waals surface area contributed by atoms with Gasteiger partial charge >= 0.3 is 0 Å². The molecule has 0 amide bonds. The van der Waals surface area contributed by atoms with E-state index in [1.807, 2.05) is 0 Å². The van der Waals surface area contributed by atoms with E-state index in [9.17, 15) is 0 Å². The SMILES string of the molecule is CC(C)CCCC1CCc2ccccc21. The zero-order valence-corrected chi connectivity index (χ0v) is 10.00. The molecule has 0 aromatic heterocycles. The van der Waals surface area contributed by atoms with Crippen LogP contribution in [0.3, 0.4) is 0 Å². The van der Waals surface area contributed by atoms with Gasteiger partial charge in [-0.1, -0.05) is 51.0 Å². The summed E-state index contributed by atoms with van der Waals surface area (Å²) in [5, 5.41) is 0. The fourth-order valence-electron chi connectivity index (χ4n) is 2.72. The van der Waals surface area contributed by atoms with E-state index in [0.29, 0.717) is 0 Å². The van der Waals surface area contributed by atoms with Crippen LogP contribution in [0.15, 0.2) is 24.3 Å². The molecule has 1 aliphatic rings. The average molecular weight is 202 g/mol. The van der Waals surface area contributed by atoms with E-state index in [1.165, 1.54) is 32.1 Å². The Kier molecular flexibility index (Phi) is 3.45. The van der Waals surface area contributed by atoms with Gasteiger partial charge in [0.2, 0.25) is 0 Å². The highest BCUT2D eigenvalue weighted by Gasteiger charge is 2.20. The first-order valence-corrected chi connectivity index (χ1v) is 6.35. The number of hydrogen-bond donors (Lipinski definition) is 0. The van der Waals surface area contributed by atoms with E-state index in [1.54, 1.807) is 11.1 Å². The normalized spacial score (nSPS) is 19.5. The van der Waals surface area contributed by atoms with Crippen LogP contribution in [0.5, 0.6) is 0 Å². The second-order valence-corrected chi connectivity index (χ2v) is 5.26. The van der Waals surface area contributed by atoms with E-state index in [4.69, 9.17) is 0 Å².